The molecule has 1 rings (SSSR count). The van der Waals surface area contributed by atoms with Crippen LogP contribution >= 0.6 is 11.6 Å². The number of halogens is 1. The van der Waals surface area contributed by atoms with Crippen molar-refractivity contribution in [3.8, 4) is 0 Å². The zero-order chi connectivity index (χ0) is 12.0. The quantitative estimate of drug-likeness (QED) is 0.759. The third-order valence-corrected chi connectivity index (χ3v) is 4.19. The van der Waals surface area contributed by atoms with E-state index in [4.69, 9.17) is 11.6 Å². The molecule has 5 nitrogen and oxygen atoms in total. The lowest BCUT2D eigenvalue weighted by atomic mass is 10.3. The predicted molar refractivity (Wildman–Crippen MR) is 63.0 cm³/mol. The van der Waals surface area contributed by atoms with Crippen molar-refractivity contribution < 1.29 is 8.42 Å². The molecule has 0 aromatic carbocycles. The second-order valence-electron chi connectivity index (χ2n) is 3.37. The molecule has 0 atom stereocenters. The van der Waals surface area contributed by atoms with E-state index in [0.29, 0.717) is 13.1 Å². The Bertz CT molecular complexity index is 391. The Morgan fingerprint density at radius 2 is 2.25 bits per heavy atom. The van der Waals surface area contributed by atoms with E-state index >= 15 is 0 Å². The number of aromatic nitrogens is 2. The molecule has 1 heterocycles. The molecule has 1 aromatic rings. The summed E-state index contributed by atoms with van der Waals surface area (Å²) in [7, 11) is -3.46. The summed E-state index contributed by atoms with van der Waals surface area (Å²) in [5.41, 5.74) is 0. The van der Waals surface area contributed by atoms with Gasteiger partial charge in [0, 0.05) is 19.0 Å². The minimum Gasteiger partial charge on any atom is -0.266 e. The van der Waals surface area contributed by atoms with Crippen LogP contribution in [0.3, 0.4) is 0 Å². The molecule has 0 radical (unpaired) electrons. The first-order chi connectivity index (χ1) is 7.62. The van der Waals surface area contributed by atoms with E-state index in [0.717, 1.165) is 12.8 Å². The molecule has 0 amide bonds. The highest BCUT2D eigenvalue weighted by Crippen LogP contribution is 2.13. The van der Waals surface area contributed by atoms with Gasteiger partial charge in [0.2, 0.25) is 0 Å². The van der Waals surface area contributed by atoms with Crippen molar-refractivity contribution >= 4 is 21.6 Å². The summed E-state index contributed by atoms with van der Waals surface area (Å²) in [4.78, 5) is 0. The maximum Gasteiger partial charge on any atom is 0.260 e. The number of aromatic amines is 1. The van der Waals surface area contributed by atoms with Crippen LogP contribution in [-0.4, -0.2) is 41.9 Å². The van der Waals surface area contributed by atoms with Gasteiger partial charge >= 0.3 is 0 Å². The number of hydrogen-bond acceptors (Lipinski definition) is 3. The standard InChI is InChI=1S/C9H16ClN3O2S/c1-2-3-7-13(8-5-10)16(14,15)9-4-6-11-12-9/h4,6H,2-3,5,7-8H2,1H3,(H,11,12). The van der Waals surface area contributed by atoms with Crippen LogP contribution in [0.15, 0.2) is 17.3 Å². The Labute approximate surface area is 101 Å². The monoisotopic (exact) mass is 265 g/mol. The molecule has 0 spiro atoms. The van der Waals surface area contributed by atoms with Crippen LogP contribution in [0.2, 0.25) is 0 Å². The van der Waals surface area contributed by atoms with Crippen molar-refractivity contribution in [3.05, 3.63) is 12.3 Å². The Morgan fingerprint density at radius 1 is 1.50 bits per heavy atom. The first kappa shape index (κ1) is 13.5. The number of unbranched alkanes of at least 4 members (excludes halogenated alkanes) is 1. The van der Waals surface area contributed by atoms with Gasteiger partial charge in [-0.2, -0.15) is 9.40 Å². The molecule has 92 valence electrons. The minimum absolute atomic E-state index is 0.119. The molecule has 0 unspecified atom stereocenters. The molecule has 0 fully saturated rings. The van der Waals surface area contributed by atoms with Gasteiger partial charge < -0.3 is 0 Å². The van der Waals surface area contributed by atoms with E-state index in [1.807, 2.05) is 6.92 Å². The minimum atomic E-state index is -3.46. The lowest BCUT2D eigenvalue weighted by molar-refractivity contribution is 0.418. The average molecular weight is 266 g/mol. The summed E-state index contributed by atoms with van der Waals surface area (Å²) < 4.78 is 25.6. The average Bonchev–Trinajstić information content (AvgIpc) is 2.77. The van der Waals surface area contributed by atoms with Crippen molar-refractivity contribution in [3.63, 3.8) is 0 Å². The summed E-state index contributed by atoms with van der Waals surface area (Å²) in [6, 6.07) is 1.45. The van der Waals surface area contributed by atoms with Crippen LogP contribution in [0.1, 0.15) is 19.8 Å². The van der Waals surface area contributed by atoms with Crippen LogP contribution in [0, 0.1) is 0 Å². The van der Waals surface area contributed by atoms with Crippen molar-refractivity contribution in [1.29, 1.82) is 0 Å². The highest BCUT2D eigenvalue weighted by molar-refractivity contribution is 7.89. The number of H-pyrrole nitrogens is 1. The number of alkyl halides is 1. The SMILES string of the molecule is CCCCN(CCCl)S(=O)(=O)c1ccn[nH]1. The molecule has 1 aromatic heterocycles. The first-order valence-electron chi connectivity index (χ1n) is 5.18. The largest absolute Gasteiger partial charge is 0.266 e. The third kappa shape index (κ3) is 3.20. The van der Waals surface area contributed by atoms with Crippen molar-refractivity contribution in [2.75, 3.05) is 19.0 Å². The van der Waals surface area contributed by atoms with E-state index in [2.05, 4.69) is 10.2 Å². The van der Waals surface area contributed by atoms with Gasteiger partial charge in [-0.1, -0.05) is 13.3 Å². The Hall–Kier alpha value is -0.590. The fraction of sp³-hybridized carbons (Fsp3) is 0.667. The van der Waals surface area contributed by atoms with Gasteiger partial charge in [-0.3, -0.25) is 5.10 Å². The molecule has 0 saturated heterocycles. The number of nitrogens with zero attached hydrogens (tertiary/aromatic N) is 2. The number of sulfonamides is 1. The maximum atomic E-state index is 12.1. The predicted octanol–water partition coefficient (Wildman–Crippen LogP) is 1.44. The topological polar surface area (TPSA) is 66.1 Å². The van der Waals surface area contributed by atoms with Gasteiger partial charge in [0.1, 0.15) is 0 Å². The van der Waals surface area contributed by atoms with E-state index in [-0.39, 0.29) is 10.9 Å². The molecule has 1 N–H and O–H groups in total. The Morgan fingerprint density at radius 3 is 2.75 bits per heavy atom. The maximum absolute atomic E-state index is 12.1. The van der Waals surface area contributed by atoms with Crippen molar-refractivity contribution in [2.24, 2.45) is 0 Å². The van der Waals surface area contributed by atoms with Crippen LogP contribution in [0.4, 0.5) is 0 Å². The van der Waals surface area contributed by atoms with E-state index in [1.54, 1.807) is 0 Å². The van der Waals surface area contributed by atoms with Gasteiger partial charge in [0.15, 0.2) is 5.03 Å². The molecule has 0 aliphatic heterocycles. The number of rotatable bonds is 7. The molecule has 7 heteroatoms. The molecule has 0 aliphatic carbocycles. The van der Waals surface area contributed by atoms with Crippen LogP contribution in [-0.2, 0) is 10.0 Å². The second kappa shape index (κ2) is 6.22. The summed E-state index contributed by atoms with van der Waals surface area (Å²) in [5.74, 6) is 0.289. The fourth-order valence-electron chi connectivity index (χ4n) is 1.31. The number of nitrogens with one attached hydrogen (secondary N) is 1. The zero-order valence-electron chi connectivity index (χ0n) is 9.19. The van der Waals surface area contributed by atoms with Gasteiger partial charge in [-0.15, -0.1) is 11.6 Å². The molecule has 0 saturated carbocycles. The van der Waals surface area contributed by atoms with E-state index < -0.39 is 10.0 Å². The smallest absolute Gasteiger partial charge is 0.260 e. The summed E-state index contributed by atoms with van der Waals surface area (Å²) >= 11 is 5.61. The second-order valence-corrected chi connectivity index (χ2v) is 5.65. The molecular weight excluding hydrogens is 250 g/mol. The number of hydrogen-bond donors (Lipinski definition) is 1. The molecular formula is C9H16ClN3O2S. The van der Waals surface area contributed by atoms with Gasteiger partial charge in [0.25, 0.3) is 10.0 Å². The first-order valence-corrected chi connectivity index (χ1v) is 7.16. The van der Waals surface area contributed by atoms with E-state index in [1.165, 1.54) is 16.6 Å². The molecule has 16 heavy (non-hydrogen) atoms. The highest BCUT2D eigenvalue weighted by Gasteiger charge is 2.24. The third-order valence-electron chi connectivity index (χ3n) is 2.19. The van der Waals surface area contributed by atoms with Gasteiger partial charge in [-0.05, 0) is 12.5 Å². The summed E-state index contributed by atoms with van der Waals surface area (Å²) in [5, 5.41) is 6.24. The van der Waals surface area contributed by atoms with Crippen LogP contribution < -0.4 is 0 Å². The summed E-state index contributed by atoms with van der Waals surface area (Å²) in [6.07, 6.45) is 3.19. The lowest BCUT2D eigenvalue weighted by Gasteiger charge is -2.19. The van der Waals surface area contributed by atoms with Gasteiger partial charge in [0.05, 0.1) is 6.20 Å². The van der Waals surface area contributed by atoms with Crippen molar-refractivity contribution in [1.82, 2.24) is 14.5 Å². The molecule has 0 bridgehead atoms. The van der Waals surface area contributed by atoms with Crippen LogP contribution in [0.5, 0.6) is 0 Å². The Kier molecular flexibility index (Phi) is 5.24. The summed E-state index contributed by atoms with van der Waals surface area (Å²) in [6.45, 7) is 2.83. The van der Waals surface area contributed by atoms with Crippen LogP contribution in [0.25, 0.3) is 0 Å². The normalized spacial score (nSPS) is 12.2. The van der Waals surface area contributed by atoms with Gasteiger partial charge in [-0.25, -0.2) is 8.42 Å². The van der Waals surface area contributed by atoms with Crippen molar-refractivity contribution in [2.45, 2.75) is 24.8 Å². The fourth-order valence-corrected chi connectivity index (χ4v) is 2.99. The lowest BCUT2D eigenvalue weighted by Crippen LogP contribution is -2.34. The van der Waals surface area contributed by atoms with E-state index in [9.17, 15) is 8.42 Å². The Balaban J connectivity index is 2.84. The molecule has 0 aliphatic rings. The zero-order valence-corrected chi connectivity index (χ0v) is 10.8. The highest BCUT2D eigenvalue weighted by atomic mass is 35.5.